The van der Waals surface area contributed by atoms with Gasteiger partial charge >= 0.3 is 12.2 Å². The summed E-state index contributed by atoms with van der Waals surface area (Å²) in [4.78, 5) is 42.6. The number of carbonyl (C=O) groups excluding carboxylic acids is 2. The molecular weight excluding hydrogens is 352 g/mol. The monoisotopic (exact) mass is 360 g/mol. The van der Waals surface area contributed by atoms with E-state index in [1.54, 1.807) is 0 Å². The van der Waals surface area contributed by atoms with E-state index in [0.29, 0.717) is 0 Å². The highest BCUT2D eigenvalue weighted by molar-refractivity contribution is 5.76. The van der Waals surface area contributed by atoms with Gasteiger partial charge in [-0.15, -0.1) is 0 Å². The predicted molar refractivity (Wildman–Crippen MR) is 83.1 cm³/mol. The molecule has 0 N–H and O–H groups in total. The molecule has 132 valence electrons. The number of azo groups is 1. The quantitative estimate of drug-likeness (QED) is 0.453. The highest BCUT2D eigenvalue weighted by atomic mass is 16.6. The Labute approximate surface area is 144 Å². The first-order valence-corrected chi connectivity index (χ1v) is 6.69. The van der Waals surface area contributed by atoms with Gasteiger partial charge in [-0.3, -0.25) is 20.2 Å². The van der Waals surface area contributed by atoms with Crippen LogP contribution in [0.2, 0.25) is 0 Å². The molecule has 0 aliphatic heterocycles. The number of nitro groups is 2. The molecular formula is C14H8N4O8. The Hall–Kier alpha value is -4.22. The Bertz CT molecular complexity index is 803. The number of hydrogen-bond acceptors (Lipinski definition) is 8. The van der Waals surface area contributed by atoms with Crippen LogP contribution in [0.4, 0.5) is 21.0 Å². The summed E-state index contributed by atoms with van der Waals surface area (Å²) in [5.41, 5.74) is -0.392. The van der Waals surface area contributed by atoms with Crippen LogP contribution in [0, 0.1) is 20.2 Å². The number of rotatable bonds is 4. The fraction of sp³-hybridized carbons (Fsp3) is 0. The van der Waals surface area contributed by atoms with Crippen LogP contribution < -0.4 is 9.47 Å². The van der Waals surface area contributed by atoms with Crippen molar-refractivity contribution in [3.63, 3.8) is 0 Å². The number of hydrogen-bond donors (Lipinski definition) is 0. The fourth-order valence-corrected chi connectivity index (χ4v) is 1.60. The minimum atomic E-state index is -1.25. The van der Waals surface area contributed by atoms with Crippen molar-refractivity contribution in [1.82, 2.24) is 0 Å². The number of non-ortho nitro benzene ring substituents is 2. The highest BCUT2D eigenvalue weighted by Crippen LogP contribution is 2.19. The number of carbonyl (C=O) groups is 2. The maximum atomic E-state index is 11.4. The number of nitrogens with zero attached hydrogens (tertiary/aromatic N) is 4. The van der Waals surface area contributed by atoms with E-state index >= 15 is 0 Å². The second-order valence-electron chi connectivity index (χ2n) is 4.44. The molecule has 0 atom stereocenters. The molecule has 12 nitrogen and oxygen atoms in total. The molecule has 2 rings (SSSR count). The zero-order valence-electron chi connectivity index (χ0n) is 12.7. The molecule has 12 heteroatoms. The Morgan fingerprint density at radius 3 is 1.27 bits per heavy atom. The zero-order chi connectivity index (χ0) is 19.1. The molecule has 2 amide bonds. The van der Waals surface area contributed by atoms with Crippen LogP contribution in [0.25, 0.3) is 0 Å². The molecule has 0 saturated heterocycles. The van der Waals surface area contributed by atoms with E-state index in [4.69, 9.17) is 0 Å². The first kappa shape index (κ1) is 18.1. The largest absolute Gasteiger partial charge is 0.458 e. The van der Waals surface area contributed by atoms with Crippen LogP contribution in [-0.4, -0.2) is 22.0 Å². The van der Waals surface area contributed by atoms with Crippen molar-refractivity contribution in [2.24, 2.45) is 10.2 Å². The lowest BCUT2D eigenvalue weighted by Gasteiger charge is -2.00. The normalized spacial score (nSPS) is 10.3. The highest BCUT2D eigenvalue weighted by Gasteiger charge is 2.10. The zero-order valence-corrected chi connectivity index (χ0v) is 12.7. The van der Waals surface area contributed by atoms with Crippen molar-refractivity contribution in [3.05, 3.63) is 68.8 Å². The number of nitro benzene ring substituents is 2. The lowest BCUT2D eigenvalue weighted by molar-refractivity contribution is -0.385. The van der Waals surface area contributed by atoms with Gasteiger partial charge in [-0.05, 0) is 24.3 Å². The van der Waals surface area contributed by atoms with Crippen LogP contribution >= 0.6 is 0 Å². The Morgan fingerprint density at radius 1 is 0.692 bits per heavy atom. The first-order valence-electron chi connectivity index (χ1n) is 6.69. The molecule has 2 aromatic carbocycles. The standard InChI is InChI=1S/C14H8N4O8/c19-13(25-11-5-1-9(2-6-11)17(21)22)15-16-14(20)26-12-7-3-10(4-8-12)18(23)24/h1-8H/b16-15+. The van der Waals surface area contributed by atoms with E-state index in [1.165, 1.54) is 24.3 Å². The summed E-state index contributed by atoms with van der Waals surface area (Å²) in [6.07, 6.45) is -2.50. The molecule has 0 aromatic heterocycles. The molecule has 0 fully saturated rings. The molecule has 0 bridgehead atoms. The van der Waals surface area contributed by atoms with E-state index < -0.39 is 22.0 Å². The lowest BCUT2D eigenvalue weighted by Crippen LogP contribution is -2.05. The summed E-state index contributed by atoms with van der Waals surface area (Å²) in [5, 5.41) is 26.9. The summed E-state index contributed by atoms with van der Waals surface area (Å²) in [6, 6.07) is 9.12. The summed E-state index contributed by atoms with van der Waals surface area (Å²) < 4.78 is 9.37. The Morgan fingerprint density at radius 2 is 1.00 bits per heavy atom. The van der Waals surface area contributed by atoms with E-state index in [0.717, 1.165) is 24.3 Å². The van der Waals surface area contributed by atoms with E-state index in [2.05, 4.69) is 19.7 Å². The van der Waals surface area contributed by atoms with Gasteiger partial charge in [0.05, 0.1) is 9.85 Å². The van der Waals surface area contributed by atoms with E-state index in [1.807, 2.05) is 0 Å². The van der Waals surface area contributed by atoms with Crippen molar-refractivity contribution < 1.29 is 28.9 Å². The average molecular weight is 360 g/mol. The molecule has 0 heterocycles. The van der Waals surface area contributed by atoms with Gasteiger partial charge in [-0.1, -0.05) is 10.2 Å². The van der Waals surface area contributed by atoms with Gasteiger partial charge in [0.25, 0.3) is 11.4 Å². The third-order valence-corrected chi connectivity index (χ3v) is 2.72. The second-order valence-corrected chi connectivity index (χ2v) is 4.44. The van der Waals surface area contributed by atoms with Crippen LogP contribution in [0.1, 0.15) is 0 Å². The van der Waals surface area contributed by atoms with Gasteiger partial charge in [0, 0.05) is 24.3 Å². The van der Waals surface area contributed by atoms with Crippen molar-refractivity contribution in [2.75, 3.05) is 0 Å². The van der Waals surface area contributed by atoms with E-state index in [-0.39, 0.29) is 22.9 Å². The SMILES string of the molecule is O=C(/N=N/C(=O)Oc1ccc([N+](=O)[O-])cc1)Oc1ccc([N+](=O)[O-])cc1. The third kappa shape index (κ3) is 5.16. The second kappa shape index (κ2) is 8.05. The summed E-state index contributed by atoms with van der Waals surface area (Å²) in [7, 11) is 0. The smallest absolute Gasteiger partial charge is 0.408 e. The first-order chi connectivity index (χ1) is 12.3. The topological polar surface area (TPSA) is 164 Å². The van der Waals surface area contributed by atoms with Gasteiger partial charge in [0.1, 0.15) is 11.5 Å². The molecule has 26 heavy (non-hydrogen) atoms. The third-order valence-electron chi connectivity index (χ3n) is 2.72. The van der Waals surface area contributed by atoms with Gasteiger partial charge < -0.3 is 9.47 Å². The van der Waals surface area contributed by atoms with Crippen LogP contribution in [0.15, 0.2) is 58.8 Å². The maximum Gasteiger partial charge on any atom is 0.458 e. The van der Waals surface area contributed by atoms with E-state index in [9.17, 15) is 29.8 Å². The molecule has 0 spiro atoms. The Balaban J connectivity index is 1.89. The summed E-state index contributed by atoms with van der Waals surface area (Å²) in [5.74, 6) is -0.0772. The van der Waals surface area contributed by atoms with Crippen LogP contribution in [0.3, 0.4) is 0 Å². The summed E-state index contributed by atoms with van der Waals surface area (Å²) >= 11 is 0. The number of ether oxygens (including phenoxy) is 2. The molecule has 0 saturated carbocycles. The fourth-order valence-electron chi connectivity index (χ4n) is 1.60. The molecule has 0 aliphatic carbocycles. The van der Waals surface area contributed by atoms with Crippen molar-refractivity contribution in [1.29, 1.82) is 0 Å². The minimum Gasteiger partial charge on any atom is -0.408 e. The predicted octanol–water partition coefficient (Wildman–Crippen LogP) is 3.65. The van der Waals surface area contributed by atoms with Gasteiger partial charge in [-0.25, -0.2) is 9.59 Å². The van der Waals surface area contributed by atoms with Crippen molar-refractivity contribution >= 4 is 23.6 Å². The van der Waals surface area contributed by atoms with Gasteiger partial charge in [0.15, 0.2) is 0 Å². The Kier molecular flexibility index (Phi) is 5.61. The minimum absolute atomic E-state index is 0.0386. The molecule has 0 aliphatic rings. The number of benzene rings is 2. The molecule has 0 unspecified atom stereocenters. The molecule has 2 aromatic rings. The maximum absolute atomic E-state index is 11.4. The van der Waals surface area contributed by atoms with Gasteiger partial charge in [-0.2, -0.15) is 0 Å². The van der Waals surface area contributed by atoms with Crippen molar-refractivity contribution in [3.8, 4) is 11.5 Å². The number of amides is 2. The summed E-state index contributed by atoms with van der Waals surface area (Å²) in [6.45, 7) is 0. The molecule has 0 radical (unpaired) electrons. The lowest BCUT2D eigenvalue weighted by atomic mass is 10.3. The van der Waals surface area contributed by atoms with Crippen LogP contribution in [-0.2, 0) is 0 Å². The van der Waals surface area contributed by atoms with Crippen LogP contribution in [0.5, 0.6) is 11.5 Å². The van der Waals surface area contributed by atoms with Crippen molar-refractivity contribution in [2.45, 2.75) is 0 Å². The average Bonchev–Trinajstić information content (AvgIpc) is 2.61. The van der Waals surface area contributed by atoms with Gasteiger partial charge in [0.2, 0.25) is 0 Å².